The molecule has 0 spiro atoms. The lowest BCUT2D eigenvalue weighted by Crippen LogP contribution is -2.33. The van der Waals surface area contributed by atoms with Crippen molar-refractivity contribution in [2.24, 2.45) is 0 Å². The summed E-state index contributed by atoms with van der Waals surface area (Å²) in [4.78, 5) is 12.1. The van der Waals surface area contributed by atoms with Crippen LogP contribution in [0.2, 0.25) is 0 Å². The summed E-state index contributed by atoms with van der Waals surface area (Å²) in [6, 6.07) is 18.8. The number of thiocarbonyl (C=S) groups is 1. The van der Waals surface area contributed by atoms with Gasteiger partial charge in [-0.15, -0.1) is 0 Å². The molecule has 1 heterocycles. The van der Waals surface area contributed by atoms with E-state index in [0.29, 0.717) is 11.5 Å². The van der Waals surface area contributed by atoms with E-state index in [4.69, 9.17) is 21.7 Å². The van der Waals surface area contributed by atoms with Crippen molar-refractivity contribution in [1.82, 2.24) is 5.32 Å². The van der Waals surface area contributed by atoms with Crippen molar-refractivity contribution < 1.29 is 14.3 Å². The Kier molecular flexibility index (Phi) is 6.37. The van der Waals surface area contributed by atoms with E-state index in [1.807, 2.05) is 55.5 Å². The second-order valence-electron chi connectivity index (χ2n) is 6.14. The Labute approximate surface area is 168 Å². The number of hydrogen-bond donors (Lipinski definition) is 3. The van der Waals surface area contributed by atoms with Crippen LogP contribution in [0.25, 0.3) is 17.4 Å². The van der Waals surface area contributed by atoms with Crippen LogP contribution in [0.5, 0.6) is 0 Å². The number of anilines is 1. The van der Waals surface area contributed by atoms with E-state index in [1.165, 1.54) is 6.08 Å². The summed E-state index contributed by atoms with van der Waals surface area (Å²) in [6.45, 7) is 1.79. The maximum atomic E-state index is 12.1. The molecule has 142 valence electrons. The largest absolute Gasteiger partial charge is 0.459 e. The highest BCUT2D eigenvalue weighted by Crippen LogP contribution is 2.27. The predicted molar refractivity (Wildman–Crippen MR) is 115 cm³/mol. The van der Waals surface area contributed by atoms with E-state index in [1.54, 1.807) is 18.2 Å². The molecule has 2 aromatic carbocycles. The lowest BCUT2D eigenvalue weighted by Gasteiger charge is -2.12. The molecule has 0 fully saturated rings. The van der Waals surface area contributed by atoms with E-state index in [-0.39, 0.29) is 17.6 Å². The van der Waals surface area contributed by atoms with Gasteiger partial charge in [0.25, 0.3) is 0 Å². The monoisotopic (exact) mass is 392 g/mol. The Hall–Kier alpha value is -3.22. The minimum absolute atomic E-state index is 0.149. The van der Waals surface area contributed by atoms with Gasteiger partial charge in [-0.1, -0.05) is 42.5 Å². The average molecular weight is 392 g/mol. The maximum Gasteiger partial charge on any atom is 0.250 e. The number of nitrogens with one attached hydrogen (secondary N) is 2. The van der Waals surface area contributed by atoms with Crippen LogP contribution in [0.1, 0.15) is 16.9 Å². The third-order valence-corrected chi connectivity index (χ3v) is 4.26. The van der Waals surface area contributed by atoms with E-state index < -0.39 is 0 Å². The SMILES string of the molecule is Cc1ccc(-c2ccc(CO)o2)cc1NC(=S)NC(=O)/C=C/c1ccccc1. The second kappa shape index (κ2) is 9.12. The number of aliphatic hydroxyl groups excluding tert-OH is 1. The van der Waals surface area contributed by atoms with Gasteiger partial charge in [-0.25, -0.2) is 0 Å². The summed E-state index contributed by atoms with van der Waals surface area (Å²) in [5, 5.41) is 15.0. The van der Waals surface area contributed by atoms with Gasteiger partial charge in [-0.3, -0.25) is 10.1 Å². The van der Waals surface area contributed by atoms with Gasteiger partial charge in [0.2, 0.25) is 5.91 Å². The molecule has 0 aliphatic rings. The van der Waals surface area contributed by atoms with Crippen LogP contribution in [-0.4, -0.2) is 16.1 Å². The number of carbonyl (C=O) groups excluding carboxylic acids is 1. The molecule has 0 aliphatic heterocycles. The number of amides is 1. The Balaban J connectivity index is 1.65. The van der Waals surface area contributed by atoms with Gasteiger partial charge in [0.15, 0.2) is 5.11 Å². The molecule has 28 heavy (non-hydrogen) atoms. The zero-order chi connectivity index (χ0) is 19.9. The van der Waals surface area contributed by atoms with Crippen molar-refractivity contribution in [3.8, 4) is 11.3 Å². The van der Waals surface area contributed by atoms with E-state index in [0.717, 1.165) is 22.4 Å². The Bertz CT molecular complexity index is 1010. The molecule has 0 unspecified atom stereocenters. The van der Waals surface area contributed by atoms with Gasteiger partial charge < -0.3 is 14.8 Å². The smallest absolute Gasteiger partial charge is 0.250 e. The molecule has 0 bridgehead atoms. The number of hydrogen-bond acceptors (Lipinski definition) is 4. The van der Waals surface area contributed by atoms with Crippen LogP contribution in [0.3, 0.4) is 0 Å². The normalized spacial score (nSPS) is 10.8. The number of aryl methyl sites for hydroxylation is 1. The Morgan fingerprint density at radius 1 is 1.14 bits per heavy atom. The quantitative estimate of drug-likeness (QED) is 0.447. The lowest BCUT2D eigenvalue weighted by atomic mass is 10.1. The highest BCUT2D eigenvalue weighted by atomic mass is 32.1. The van der Waals surface area contributed by atoms with E-state index >= 15 is 0 Å². The molecule has 0 aliphatic carbocycles. The van der Waals surface area contributed by atoms with Crippen molar-refractivity contribution in [2.75, 3.05) is 5.32 Å². The molecule has 0 saturated carbocycles. The standard InChI is InChI=1S/C22H20N2O3S/c1-15-7-9-17(20-11-10-18(14-25)27-20)13-19(15)23-22(28)24-21(26)12-8-16-5-3-2-4-6-16/h2-13,25H,14H2,1H3,(H2,23,24,26,28)/b12-8+. The molecule has 3 N–H and O–H groups in total. The third kappa shape index (κ3) is 5.16. The topological polar surface area (TPSA) is 74.5 Å². The Morgan fingerprint density at radius 3 is 2.64 bits per heavy atom. The highest BCUT2D eigenvalue weighted by Gasteiger charge is 2.09. The first-order valence-electron chi connectivity index (χ1n) is 8.71. The fourth-order valence-corrected chi connectivity index (χ4v) is 2.78. The highest BCUT2D eigenvalue weighted by molar-refractivity contribution is 7.80. The predicted octanol–water partition coefficient (Wildman–Crippen LogP) is 4.27. The number of furan rings is 1. The van der Waals surface area contributed by atoms with Crippen LogP contribution in [0, 0.1) is 6.92 Å². The molecule has 5 nitrogen and oxygen atoms in total. The summed E-state index contributed by atoms with van der Waals surface area (Å²) in [6.07, 6.45) is 3.16. The molecule has 3 rings (SSSR count). The van der Waals surface area contributed by atoms with Crippen LogP contribution >= 0.6 is 12.2 Å². The van der Waals surface area contributed by atoms with Gasteiger partial charge in [0.1, 0.15) is 18.1 Å². The summed E-state index contributed by atoms with van der Waals surface area (Å²) >= 11 is 5.25. The summed E-state index contributed by atoms with van der Waals surface area (Å²) < 4.78 is 5.57. The second-order valence-corrected chi connectivity index (χ2v) is 6.55. The molecule has 0 radical (unpaired) electrons. The first kappa shape index (κ1) is 19.5. The summed E-state index contributed by atoms with van der Waals surface area (Å²) in [7, 11) is 0. The van der Waals surface area contributed by atoms with Gasteiger partial charge in [0, 0.05) is 17.3 Å². The molecule has 1 aromatic heterocycles. The molecular weight excluding hydrogens is 372 g/mol. The van der Waals surface area contributed by atoms with Crippen LogP contribution in [0.15, 0.2) is 71.2 Å². The van der Waals surface area contributed by atoms with Crippen molar-refractivity contribution in [3.05, 3.63) is 83.6 Å². The minimum atomic E-state index is -0.311. The first-order chi connectivity index (χ1) is 13.5. The van der Waals surface area contributed by atoms with Crippen molar-refractivity contribution >= 4 is 35.0 Å². The van der Waals surface area contributed by atoms with Crippen molar-refractivity contribution in [2.45, 2.75) is 13.5 Å². The lowest BCUT2D eigenvalue weighted by molar-refractivity contribution is -0.115. The minimum Gasteiger partial charge on any atom is -0.459 e. The molecule has 6 heteroatoms. The van der Waals surface area contributed by atoms with Gasteiger partial charge in [0.05, 0.1) is 0 Å². The molecule has 0 atom stereocenters. The number of rotatable bonds is 5. The van der Waals surface area contributed by atoms with Gasteiger partial charge in [-0.05, 0) is 54.5 Å². The van der Waals surface area contributed by atoms with Gasteiger partial charge in [-0.2, -0.15) is 0 Å². The van der Waals surface area contributed by atoms with Crippen molar-refractivity contribution in [3.63, 3.8) is 0 Å². The van der Waals surface area contributed by atoms with Crippen LogP contribution in [0.4, 0.5) is 5.69 Å². The fraction of sp³-hybridized carbons (Fsp3) is 0.0909. The molecule has 1 amide bonds. The fourth-order valence-electron chi connectivity index (χ4n) is 2.57. The van der Waals surface area contributed by atoms with Crippen LogP contribution in [-0.2, 0) is 11.4 Å². The van der Waals surface area contributed by atoms with Crippen LogP contribution < -0.4 is 10.6 Å². The zero-order valence-corrected chi connectivity index (χ0v) is 16.1. The number of carbonyl (C=O) groups is 1. The first-order valence-corrected chi connectivity index (χ1v) is 9.11. The number of aliphatic hydroxyl groups is 1. The van der Waals surface area contributed by atoms with Crippen molar-refractivity contribution in [1.29, 1.82) is 0 Å². The third-order valence-electron chi connectivity index (χ3n) is 4.05. The summed E-state index contributed by atoms with van der Waals surface area (Å²) in [5.41, 5.74) is 3.50. The number of benzene rings is 2. The summed E-state index contributed by atoms with van der Waals surface area (Å²) in [5.74, 6) is 0.833. The zero-order valence-electron chi connectivity index (χ0n) is 15.3. The molecule has 0 saturated heterocycles. The molecular formula is C22H20N2O3S. The Morgan fingerprint density at radius 2 is 1.93 bits per heavy atom. The maximum absolute atomic E-state index is 12.1. The van der Waals surface area contributed by atoms with E-state index in [9.17, 15) is 4.79 Å². The van der Waals surface area contributed by atoms with Gasteiger partial charge >= 0.3 is 0 Å². The molecule has 3 aromatic rings. The average Bonchev–Trinajstić information content (AvgIpc) is 3.18. The van der Waals surface area contributed by atoms with E-state index in [2.05, 4.69) is 10.6 Å².